The molecule has 0 atom stereocenters. The monoisotopic (exact) mass is 360 g/mol. The van der Waals surface area contributed by atoms with Crippen LogP contribution in [0.1, 0.15) is 45.6 Å². The fraction of sp³-hybridized carbons (Fsp3) is 0.667. The van der Waals surface area contributed by atoms with Gasteiger partial charge in [0.15, 0.2) is 5.96 Å². The molecule has 1 heterocycles. The van der Waals surface area contributed by atoms with Gasteiger partial charge in [0.25, 0.3) is 0 Å². The van der Waals surface area contributed by atoms with Crippen LogP contribution >= 0.6 is 0 Å². The highest BCUT2D eigenvalue weighted by Crippen LogP contribution is 2.20. The molecule has 0 bridgehead atoms. The van der Waals surface area contributed by atoms with Gasteiger partial charge in [0.1, 0.15) is 5.75 Å². The first-order valence-corrected chi connectivity index (χ1v) is 10.2. The molecule has 1 saturated heterocycles. The van der Waals surface area contributed by atoms with Crippen LogP contribution in [0.5, 0.6) is 5.75 Å². The smallest absolute Gasteiger partial charge is 0.191 e. The van der Waals surface area contributed by atoms with Crippen molar-refractivity contribution in [2.75, 3.05) is 39.3 Å². The third kappa shape index (κ3) is 6.87. The SMILES string of the molecule is CCNC(=NCc1ccccc1OCC)NCCC1CCN(CC)CC1. The van der Waals surface area contributed by atoms with Crippen LogP contribution in [0.25, 0.3) is 0 Å². The molecule has 0 amide bonds. The van der Waals surface area contributed by atoms with Crippen molar-refractivity contribution in [2.45, 2.75) is 46.6 Å². The molecule has 1 aliphatic heterocycles. The van der Waals surface area contributed by atoms with Crippen molar-refractivity contribution in [3.05, 3.63) is 29.8 Å². The molecular formula is C21H36N4O. The number of nitrogens with one attached hydrogen (secondary N) is 2. The van der Waals surface area contributed by atoms with Crippen molar-refractivity contribution in [3.8, 4) is 5.75 Å². The molecular weight excluding hydrogens is 324 g/mol. The summed E-state index contributed by atoms with van der Waals surface area (Å²) < 4.78 is 5.69. The van der Waals surface area contributed by atoms with E-state index in [-0.39, 0.29) is 0 Å². The summed E-state index contributed by atoms with van der Waals surface area (Å²) in [6.45, 7) is 13.2. The Labute approximate surface area is 159 Å². The number of guanidine groups is 1. The Kier molecular flexibility index (Phi) is 9.32. The van der Waals surface area contributed by atoms with E-state index >= 15 is 0 Å². The average molecular weight is 361 g/mol. The highest BCUT2D eigenvalue weighted by molar-refractivity contribution is 5.79. The van der Waals surface area contributed by atoms with Crippen LogP contribution < -0.4 is 15.4 Å². The first-order chi connectivity index (χ1) is 12.8. The van der Waals surface area contributed by atoms with Crippen LogP contribution in [-0.2, 0) is 6.54 Å². The molecule has 1 aliphatic rings. The maximum atomic E-state index is 5.69. The summed E-state index contributed by atoms with van der Waals surface area (Å²) in [6.07, 6.45) is 3.87. The summed E-state index contributed by atoms with van der Waals surface area (Å²) in [6, 6.07) is 8.14. The zero-order valence-corrected chi connectivity index (χ0v) is 16.8. The summed E-state index contributed by atoms with van der Waals surface area (Å²) in [7, 11) is 0. The minimum absolute atomic E-state index is 0.625. The second kappa shape index (κ2) is 11.8. The van der Waals surface area contributed by atoms with Crippen LogP contribution in [0.2, 0.25) is 0 Å². The molecule has 1 fully saturated rings. The van der Waals surface area contributed by atoms with Crippen molar-refractivity contribution in [2.24, 2.45) is 10.9 Å². The molecule has 1 aromatic carbocycles. The summed E-state index contributed by atoms with van der Waals surface area (Å²) >= 11 is 0. The van der Waals surface area contributed by atoms with Gasteiger partial charge in [-0.3, -0.25) is 0 Å². The first-order valence-electron chi connectivity index (χ1n) is 10.2. The van der Waals surface area contributed by atoms with E-state index in [1.54, 1.807) is 0 Å². The van der Waals surface area contributed by atoms with E-state index in [1.807, 2.05) is 25.1 Å². The van der Waals surface area contributed by atoms with Gasteiger partial charge in [0.2, 0.25) is 0 Å². The molecule has 1 aromatic rings. The van der Waals surface area contributed by atoms with Crippen LogP contribution in [-0.4, -0.2) is 50.2 Å². The molecule has 146 valence electrons. The van der Waals surface area contributed by atoms with Crippen molar-refractivity contribution in [1.29, 1.82) is 0 Å². The van der Waals surface area contributed by atoms with Crippen LogP contribution in [0.4, 0.5) is 0 Å². The zero-order chi connectivity index (χ0) is 18.6. The maximum absolute atomic E-state index is 5.69. The van der Waals surface area contributed by atoms with Gasteiger partial charge in [-0.05, 0) is 64.7 Å². The molecule has 0 saturated carbocycles. The van der Waals surface area contributed by atoms with Crippen LogP contribution in [0.3, 0.4) is 0 Å². The normalized spacial score (nSPS) is 16.5. The van der Waals surface area contributed by atoms with Crippen molar-refractivity contribution in [1.82, 2.24) is 15.5 Å². The van der Waals surface area contributed by atoms with Crippen molar-refractivity contribution < 1.29 is 4.74 Å². The standard InChI is InChI=1S/C21H36N4O/c1-4-22-21(23-14-11-18-12-15-25(5-2)16-13-18)24-17-19-9-7-8-10-20(19)26-6-3/h7-10,18H,4-6,11-17H2,1-3H3,(H2,22,23,24). The number of rotatable bonds is 9. The quantitative estimate of drug-likeness (QED) is 0.524. The lowest BCUT2D eigenvalue weighted by Crippen LogP contribution is -2.39. The molecule has 0 aromatic heterocycles. The predicted molar refractivity (Wildman–Crippen MR) is 110 cm³/mol. The predicted octanol–water partition coefficient (Wildman–Crippen LogP) is 3.26. The third-order valence-electron chi connectivity index (χ3n) is 5.02. The Morgan fingerprint density at radius 1 is 1.15 bits per heavy atom. The highest BCUT2D eigenvalue weighted by Gasteiger charge is 2.17. The summed E-state index contributed by atoms with van der Waals surface area (Å²) in [5, 5.41) is 6.85. The van der Waals surface area contributed by atoms with Gasteiger partial charge in [-0.25, -0.2) is 4.99 Å². The van der Waals surface area contributed by atoms with E-state index in [9.17, 15) is 0 Å². The Morgan fingerprint density at radius 3 is 2.62 bits per heavy atom. The molecule has 26 heavy (non-hydrogen) atoms. The number of nitrogens with zero attached hydrogens (tertiary/aromatic N) is 2. The number of aliphatic imine (C=N–C) groups is 1. The molecule has 2 N–H and O–H groups in total. The summed E-state index contributed by atoms with van der Waals surface area (Å²) in [5.41, 5.74) is 1.12. The number of para-hydroxylation sites is 1. The average Bonchev–Trinajstić information content (AvgIpc) is 2.68. The molecule has 0 radical (unpaired) electrons. The summed E-state index contributed by atoms with van der Waals surface area (Å²) in [4.78, 5) is 7.29. The lowest BCUT2D eigenvalue weighted by atomic mass is 9.93. The fourth-order valence-electron chi connectivity index (χ4n) is 3.42. The number of hydrogen-bond donors (Lipinski definition) is 2. The second-order valence-electron chi connectivity index (χ2n) is 6.83. The largest absolute Gasteiger partial charge is 0.494 e. The van der Waals surface area contributed by atoms with Gasteiger partial charge >= 0.3 is 0 Å². The molecule has 0 unspecified atom stereocenters. The van der Waals surface area contributed by atoms with Gasteiger partial charge in [0.05, 0.1) is 13.2 Å². The van der Waals surface area contributed by atoms with E-state index in [2.05, 4.69) is 35.4 Å². The maximum Gasteiger partial charge on any atom is 0.191 e. The van der Waals surface area contributed by atoms with Gasteiger partial charge in [-0.2, -0.15) is 0 Å². The lowest BCUT2D eigenvalue weighted by molar-refractivity contribution is 0.187. The van der Waals surface area contributed by atoms with Crippen molar-refractivity contribution >= 4 is 5.96 Å². The first kappa shape index (κ1) is 20.6. The Morgan fingerprint density at radius 2 is 1.92 bits per heavy atom. The van der Waals surface area contributed by atoms with E-state index in [0.29, 0.717) is 13.2 Å². The van der Waals surface area contributed by atoms with Gasteiger partial charge < -0.3 is 20.3 Å². The van der Waals surface area contributed by atoms with E-state index in [0.717, 1.165) is 36.3 Å². The van der Waals surface area contributed by atoms with E-state index in [1.165, 1.54) is 38.9 Å². The van der Waals surface area contributed by atoms with Crippen molar-refractivity contribution in [3.63, 3.8) is 0 Å². The van der Waals surface area contributed by atoms with Gasteiger partial charge in [0, 0.05) is 18.7 Å². The summed E-state index contributed by atoms with van der Waals surface area (Å²) in [5.74, 6) is 2.66. The molecule has 0 aliphatic carbocycles. The molecule has 2 rings (SSSR count). The second-order valence-corrected chi connectivity index (χ2v) is 6.83. The fourth-order valence-corrected chi connectivity index (χ4v) is 3.42. The van der Waals surface area contributed by atoms with E-state index in [4.69, 9.17) is 9.73 Å². The highest BCUT2D eigenvalue weighted by atomic mass is 16.5. The third-order valence-corrected chi connectivity index (χ3v) is 5.02. The topological polar surface area (TPSA) is 48.9 Å². The Bertz CT molecular complexity index is 539. The molecule has 5 nitrogen and oxygen atoms in total. The van der Waals surface area contributed by atoms with Crippen LogP contribution in [0.15, 0.2) is 29.3 Å². The van der Waals surface area contributed by atoms with Gasteiger partial charge in [-0.15, -0.1) is 0 Å². The Balaban J connectivity index is 1.81. The molecule has 0 spiro atoms. The number of hydrogen-bond acceptors (Lipinski definition) is 3. The zero-order valence-electron chi connectivity index (χ0n) is 16.8. The minimum Gasteiger partial charge on any atom is -0.494 e. The van der Waals surface area contributed by atoms with Gasteiger partial charge in [-0.1, -0.05) is 25.1 Å². The van der Waals surface area contributed by atoms with E-state index < -0.39 is 0 Å². The minimum atomic E-state index is 0.625. The molecule has 5 heteroatoms. The number of ether oxygens (including phenoxy) is 1. The Hall–Kier alpha value is -1.75. The lowest BCUT2D eigenvalue weighted by Gasteiger charge is -2.31. The number of piperidine rings is 1. The van der Waals surface area contributed by atoms with Crippen LogP contribution in [0, 0.1) is 5.92 Å². The number of likely N-dealkylation sites (tertiary alicyclic amines) is 1. The number of benzene rings is 1.